The first kappa shape index (κ1) is 24.8. The summed E-state index contributed by atoms with van der Waals surface area (Å²) in [5, 5.41) is 10.4. The Labute approximate surface area is 175 Å². The molecule has 6 nitrogen and oxygen atoms in total. The number of allylic oxidation sites excluding steroid dienone is 1. The lowest BCUT2D eigenvalue weighted by Crippen LogP contribution is -2.34. The number of alkyl halides is 3. The highest BCUT2D eigenvalue weighted by atomic mass is 32.2. The maximum absolute atomic E-state index is 12.9. The van der Waals surface area contributed by atoms with E-state index in [1.807, 2.05) is 13.8 Å². The van der Waals surface area contributed by atoms with Gasteiger partial charge in [0.1, 0.15) is 24.0 Å². The zero-order chi connectivity index (χ0) is 22.0. The van der Waals surface area contributed by atoms with E-state index in [1.54, 1.807) is 17.6 Å². The third-order valence-corrected chi connectivity index (χ3v) is 5.53. The van der Waals surface area contributed by atoms with Gasteiger partial charge in [-0.1, -0.05) is 20.3 Å². The SMILES string of the molecule is CCCC(C)C(=O)C(CCc1cnc[nH]1)S/C(C)=C(/C#N)C(=O)NCC(F)(F)F.[HH].[HH]. The number of Topliss-reactive ketones (excluding diaryl/α,β-unsaturated/α-hetero) is 1. The average molecular weight is 435 g/mol. The highest BCUT2D eigenvalue weighted by Crippen LogP contribution is 2.31. The summed E-state index contributed by atoms with van der Waals surface area (Å²) in [6, 6.07) is 1.66. The number of rotatable bonds is 11. The summed E-state index contributed by atoms with van der Waals surface area (Å²) in [7, 11) is 0. The number of thioether (sulfide) groups is 1. The summed E-state index contributed by atoms with van der Waals surface area (Å²) >= 11 is 1.05. The smallest absolute Gasteiger partial charge is 0.348 e. The van der Waals surface area contributed by atoms with Crippen molar-refractivity contribution in [2.45, 2.75) is 57.9 Å². The van der Waals surface area contributed by atoms with Crippen LogP contribution in [0.15, 0.2) is 23.0 Å². The van der Waals surface area contributed by atoms with Gasteiger partial charge in [-0.3, -0.25) is 9.59 Å². The first-order chi connectivity index (χ1) is 13.6. The van der Waals surface area contributed by atoms with E-state index in [4.69, 9.17) is 0 Å². The zero-order valence-corrected chi connectivity index (χ0v) is 17.4. The van der Waals surface area contributed by atoms with Gasteiger partial charge in [-0.15, -0.1) is 11.8 Å². The van der Waals surface area contributed by atoms with Crippen molar-refractivity contribution in [3.63, 3.8) is 0 Å². The molecular formula is C19H29F3N4O2S. The van der Waals surface area contributed by atoms with E-state index in [1.165, 1.54) is 13.3 Å². The maximum atomic E-state index is 12.9. The monoisotopic (exact) mass is 434 g/mol. The highest BCUT2D eigenvalue weighted by Gasteiger charge is 2.30. The summed E-state index contributed by atoms with van der Waals surface area (Å²) in [4.78, 5) is 32.0. The van der Waals surface area contributed by atoms with Gasteiger partial charge in [-0.05, 0) is 26.2 Å². The molecule has 0 bridgehead atoms. The van der Waals surface area contributed by atoms with Crippen LogP contribution in [-0.2, 0) is 16.0 Å². The van der Waals surface area contributed by atoms with Gasteiger partial charge in [0, 0.05) is 25.6 Å². The maximum Gasteiger partial charge on any atom is 0.405 e. The molecule has 1 amide bonds. The Bertz CT molecular complexity index is 765. The number of nitriles is 1. The van der Waals surface area contributed by atoms with Crippen molar-refractivity contribution in [3.8, 4) is 6.07 Å². The Kier molecular flexibility index (Phi) is 9.95. The van der Waals surface area contributed by atoms with Crippen LogP contribution in [0.4, 0.5) is 13.2 Å². The third kappa shape index (κ3) is 8.73. The molecule has 1 rings (SSSR count). The number of hydrogen-bond acceptors (Lipinski definition) is 5. The van der Waals surface area contributed by atoms with Crippen molar-refractivity contribution in [1.29, 1.82) is 5.26 Å². The summed E-state index contributed by atoms with van der Waals surface area (Å²) in [5.41, 5.74) is 0.429. The second-order valence-electron chi connectivity index (χ2n) is 6.65. The predicted molar refractivity (Wildman–Crippen MR) is 109 cm³/mol. The van der Waals surface area contributed by atoms with Crippen molar-refractivity contribution in [2.24, 2.45) is 5.92 Å². The first-order valence-corrected chi connectivity index (χ1v) is 10.1. The molecule has 0 aliphatic heterocycles. The standard InChI is InChI=1S/C19H25F3N4O2S.2H2/c1-4-5-12(2)17(27)16(7-6-14-9-24-11-26-14)29-13(3)15(8-23)18(28)25-10-19(20,21)22;;/h9,11-12,16H,4-7,10H2,1-3H3,(H,24,26)(H,25,28);2*1H/b15-13-;;. The van der Waals surface area contributed by atoms with Crippen molar-refractivity contribution in [2.75, 3.05) is 6.54 Å². The second-order valence-corrected chi connectivity index (χ2v) is 8.07. The molecule has 0 saturated carbocycles. The number of carbonyl (C=O) groups excluding carboxylic acids is 2. The molecule has 0 radical (unpaired) electrons. The molecule has 2 unspecified atom stereocenters. The van der Waals surface area contributed by atoms with E-state index in [0.717, 1.165) is 23.9 Å². The van der Waals surface area contributed by atoms with Crippen LogP contribution in [0.1, 0.15) is 48.6 Å². The van der Waals surface area contributed by atoms with Crippen LogP contribution in [0, 0.1) is 17.2 Å². The molecule has 2 N–H and O–H groups in total. The number of aromatic nitrogens is 2. The van der Waals surface area contributed by atoms with E-state index >= 15 is 0 Å². The van der Waals surface area contributed by atoms with Crippen molar-refractivity contribution < 1.29 is 25.6 Å². The number of halogens is 3. The molecule has 0 fully saturated rings. The van der Waals surface area contributed by atoms with E-state index in [-0.39, 0.29) is 19.5 Å². The quantitative estimate of drug-likeness (QED) is 0.397. The van der Waals surface area contributed by atoms with Gasteiger partial charge in [0.15, 0.2) is 0 Å². The average Bonchev–Trinajstić information content (AvgIpc) is 3.16. The molecular weight excluding hydrogens is 405 g/mol. The Hall–Kier alpha value is -2.28. The number of aryl methyl sites for hydroxylation is 1. The Morgan fingerprint density at radius 2 is 2.10 bits per heavy atom. The normalized spacial score (nSPS) is 14.5. The first-order valence-electron chi connectivity index (χ1n) is 9.22. The largest absolute Gasteiger partial charge is 0.405 e. The number of nitrogens with one attached hydrogen (secondary N) is 2. The lowest BCUT2D eigenvalue weighted by Gasteiger charge is -2.20. The molecule has 1 aromatic heterocycles. The lowest BCUT2D eigenvalue weighted by molar-refractivity contribution is -0.136. The van der Waals surface area contributed by atoms with E-state index in [0.29, 0.717) is 19.3 Å². The van der Waals surface area contributed by atoms with Crippen molar-refractivity contribution in [1.82, 2.24) is 15.3 Å². The van der Waals surface area contributed by atoms with Crippen LogP contribution in [0.3, 0.4) is 0 Å². The number of aromatic amines is 1. The molecule has 29 heavy (non-hydrogen) atoms. The molecule has 2 atom stereocenters. The number of amides is 1. The van der Waals surface area contributed by atoms with Gasteiger partial charge < -0.3 is 10.3 Å². The van der Waals surface area contributed by atoms with Crippen LogP contribution in [-0.4, -0.2) is 39.6 Å². The minimum absolute atomic E-state index is 0. The number of nitrogens with zero attached hydrogens (tertiary/aromatic N) is 2. The zero-order valence-electron chi connectivity index (χ0n) is 16.6. The van der Waals surface area contributed by atoms with Gasteiger partial charge in [-0.25, -0.2) is 4.98 Å². The van der Waals surface area contributed by atoms with Crippen LogP contribution >= 0.6 is 11.8 Å². The molecule has 1 heterocycles. The number of imidazole rings is 1. The summed E-state index contributed by atoms with van der Waals surface area (Å²) in [6.07, 6.45) is 1.13. The van der Waals surface area contributed by atoms with Crippen molar-refractivity contribution in [3.05, 3.63) is 28.7 Å². The second kappa shape index (κ2) is 11.7. The van der Waals surface area contributed by atoms with Gasteiger partial charge in [0.2, 0.25) is 0 Å². The molecule has 0 aliphatic carbocycles. The molecule has 0 aromatic carbocycles. The number of hydrogen-bond donors (Lipinski definition) is 2. The molecule has 0 spiro atoms. The topological polar surface area (TPSA) is 98.6 Å². The highest BCUT2D eigenvalue weighted by molar-refractivity contribution is 8.04. The number of ketones is 1. The van der Waals surface area contributed by atoms with Gasteiger partial charge in [0.25, 0.3) is 5.91 Å². The lowest BCUT2D eigenvalue weighted by atomic mass is 9.96. The summed E-state index contributed by atoms with van der Waals surface area (Å²) < 4.78 is 37.0. The predicted octanol–water partition coefficient (Wildman–Crippen LogP) is 4.42. The van der Waals surface area contributed by atoms with Crippen molar-refractivity contribution >= 4 is 23.5 Å². The third-order valence-electron chi connectivity index (χ3n) is 4.21. The summed E-state index contributed by atoms with van der Waals surface area (Å²) in [6.45, 7) is 3.75. The van der Waals surface area contributed by atoms with Crippen LogP contribution in [0.5, 0.6) is 0 Å². The molecule has 0 saturated heterocycles. The molecule has 164 valence electrons. The van der Waals surface area contributed by atoms with Gasteiger partial charge >= 0.3 is 6.18 Å². The van der Waals surface area contributed by atoms with Crippen LogP contribution < -0.4 is 5.32 Å². The molecule has 1 aromatic rings. The molecule has 10 heteroatoms. The van der Waals surface area contributed by atoms with Crippen LogP contribution in [0.25, 0.3) is 0 Å². The summed E-state index contributed by atoms with van der Waals surface area (Å²) in [5.74, 6) is -1.31. The van der Waals surface area contributed by atoms with E-state index in [9.17, 15) is 28.0 Å². The minimum atomic E-state index is -4.57. The number of carbonyl (C=O) groups is 2. The van der Waals surface area contributed by atoms with E-state index in [2.05, 4.69) is 9.97 Å². The Balaban J connectivity index is 0. The fourth-order valence-corrected chi connectivity index (χ4v) is 3.96. The van der Waals surface area contributed by atoms with E-state index < -0.39 is 29.5 Å². The fourth-order valence-electron chi connectivity index (χ4n) is 2.69. The van der Waals surface area contributed by atoms with Crippen LogP contribution in [0.2, 0.25) is 0 Å². The Morgan fingerprint density at radius 1 is 1.41 bits per heavy atom. The van der Waals surface area contributed by atoms with Gasteiger partial charge in [-0.2, -0.15) is 18.4 Å². The fraction of sp³-hybridized carbons (Fsp3) is 0.579. The number of H-pyrrole nitrogens is 1. The molecule has 0 aliphatic rings. The Morgan fingerprint density at radius 3 is 2.62 bits per heavy atom. The van der Waals surface area contributed by atoms with Gasteiger partial charge in [0.05, 0.1) is 11.6 Å². The minimum Gasteiger partial charge on any atom is -0.348 e.